The molecule has 0 saturated carbocycles. The number of hydrogen-bond acceptors (Lipinski definition) is 3. The lowest BCUT2D eigenvalue weighted by Crippen LogP contribution is -2.20. The van der Waals surface area contributed by atoms with Gasteiger partial charge in [-0.05, 0) is 6.42 Å². The van der Waals surface area contributed by atoms with E-state index in [0.29, 0.717) is 6.42 Å². The van der Waals surface area contributed by atoms with E-state index in [9.17, 15) is 9.90 Å². The molecule has 0 aromatic carbocycles. The largest absolute Gasteiger partial charge is 0.512 e. The van der Waals surface area contributed by atoms with Gasteiger partial charge in [-0.15, -0.1) is 0 Å². The third-order valence-electron chi connectivity index (χ3n) is 1.85. The van der Waals surface area contributed by atoms with Crippen LogP contribution in [0.5, 0.6) is 0 Å². The van der Waals surface area contributed by atoms with Crippen LogP contribution >= 0.6 is 0 Å². The van der Waals surface area contributed by atoms with Crippen molar-refractivity contribution in [2.24, 2.45) is 5.92 Å². The Kier molecular flexibility index (Phi) is 5.39. The summed E-state index contributed by atoms with van der Waals surface area (Å²) in [4.78, 5) is 11.4. The average molecular weight is 186 g/mol. The Hall–Kier alpha value is -0.830. The summed E-state index contributed by atoms with van der Waals surface area (Å²) in [6.07, 6.45) is 1.44. The number of carbonyl (C=O) groups excluding carboxylic acids is 1. The number of ether oxygens (including phenoxy) is 1. The van der Waals surface area contributed by atoms with Crippen LogP contribution in [0.3, 0.4) is 0 Å². The number of rotatable bonds is 5. The quantitative estimate of drug-likeness (QED) is 0.528. The minimum Gasteiger partial charge on any atom is -0.512 e. The highest BCUT2D eigenvalue weighted by Crippen LogP contribution is 2.07. The molecule has 0 amide bonds. The van der Waals surface area contributed by atoms with E-state index < -0.39 is 6.10 Å². The van der Waals surface area contributed by atoms with E-state index in [-0.39, 0.29) is 17.5 Å². The van der Waals surface area contributed by atoms with Crippen molar-refractivity contribution in [2.45, 2.75) is 33.3 Å². The van der Waals surface area contributed by atoms with Crippen molar-refractivity contribution in [3.63, 3.8) is 0 Å². The molecule has 0 fully saturated rings. The van der Waals surface area contributed by atoms with Crippen molar-refractivity contribution in [1.82, 2.24) is 0 Å². The molecule has 0 aromatic rings. The van der Waals surface area contributed by atoms with Crippen LogP contribution in [-0.2, 0) is 9.53 Å². The molecule has 0 spiro atoms. The molecule has 3 nitrogen and oxygen atoms in total. The van der Waals surface area contributed by atoms with Gasteiger partial charge in [0.2, 0.25) is 0 Å². The first-order valence-electron chi connectivity index (χ1n) is 4.50. The van der Waals surface area contributed by atoms with Crippen LogP contribution in [0.4, 0.5) is 0 Å². The van der Waals surface area contributed by atoms with Gasteiger partial charge in [0.15, 0.2) is 5.78 Å². The van der Waals surface area contributed by atoms with Crippen molar-refractivity contribution in [1.29, 1.82) is 0 Å². The average Bonchev–Trinajstić information content (AvgIpc) is 2.06. The molecule has 1 N–H and O–H groups in total. The Morgan fingerprint density at radius 2 is 2.08 bits per heavy atom. The maximum absolute atomic E-state index is 11.4. The predicted molar refractivity (Wildman–Crippen MR) is 51.6 cm³/mol. The first-order chi connectivity index (χ1) is 6.02. The van der Waals surface area contributed by atoms with Crippen LogP contribution in [0, 0.1) is 5.92 Å². The predicted octanol–water partition coefficient (Wildman–Crippen LogP) is 2.08. The molecule has 0 rings (SSSR count). The smallest absolute Gasteiger partial charge is 0.187 e. The van der Waals surface area contributed by atoms with E-state index in [1.165, 1.54) is 13.2 Å². The number of carbonyl (C=O) groups is 1. The minimum atomic E-state index is -0.430. The van der Waals surface area contributed by atoms with Gasteiger partial charge in [-0.3, -0.25) is 4.79 Å². The summed E-state index contributed by atoms with van der Waals surface area (Å²) in [5, 5.41) is 9.32. The monoisotopic (exact) mass is 186 g/mol. The summed E-state index contributed by atoms with van der Waals surface area (Å²) in [5.41, 5.74) is 0. The third-order valence-corrected chi connectivity index (χ3v) is 1.85. The molecule has 1 unspecified atom stereocenters. The lowest BCUT2D eigenvalue weighted by Gasteiger charge is -2.09. The molecule has 0 aromatic heterocycles. The van der Waals surface area contributed by atoms with Gasteiger partial charge in [0.25, 0.3) is 0 Å². The molecule has 76 valence electrons. The van der Waals surface area contributed by atoms with Gasteiger partial charge >= 0.3 is 0 Å². The topological polar surface area (TPSA) is 46.5 Å². The summed E-state index contributed by atoms with van der Waals surface area (Å²) in [6, 6.07) is 0. The molecular formula is C10H18O3. The van der Waals surface area contributed by atoms with Crippen LogP contribution in [0.2, 0.25) is 0 Å². The SMILES string of the molecule is CCC(OC)C(=O)C=C(O)C(C)C. The van der Waals surface area contributed by atoms with Gasteiger partial charge in [0.05, 0.1) is 5.76 Å². The lowest BCUT2D eigenvalue weighted by molar-refractivity contribution is -0.124. The highest BCUT2D eigenvalue weighted by molar-refractivity contribution is 5.93. The van der Waals surface area contributed by atoms with E-state index in [1.54, 1.807) is 0 Å². The van der Waals surface area contributed by atoms with E-state index >= 15 is 0 Å². The first-order valence-corrected chi connectivity index (χ1v) is 4.50. The molecule has 13 heavy (non-hydrogen) atoms. The minimum absolute atomic E-state index is 0.0155. The fourth-order valence-electron chi connectivity index (χ4n) is 0.889. The number of aliphatic hydroxyl groups excluding tert-OH is 1. The van der Waals surface area contributed by atoms with Crippen LogP contribution in [0.1, 0.15) is 27.2 Å². The van der Waals surface area contributed by atoms with Gasteiger partial charge < -0.3 is 9.84 Å². The number of hydrogen-bond donors (Lipinski definition) is 1. The first kappa shape index (κ1) is 12.2. The molecule has 3 heteroatoms. The standard InChI is InChI=1S/C10H18O3/c1-5-10(13-4)9(12)6-8(11)7(2)3/h6-7,10-11H,5H2,1-4H3. The molecule has 0 aliphatic rings. The summed E-state index contributed by atoms with van der Waals surface area (Å²) >= 11 is 0. The Morgan fingerprint density at radius 1 is 1.54 bits per heavy atom. The summed E-state index contributed by atoms with van der Waals surface area (Å²) in [5.74, 6) is -0.0741. The number of ketones is 1. The second-order valence-electron chi connectivity index (χ2n) is 3.26. The lowest BCUT2D eigenvalue weighted by atomic mass is 10.1. The van der Waals surface area contributed by atoms with E-state index in [0.717, 1.165) is 0 Å². The van der Waals surface area contributed by atoms with Gasteiger partial charge in [-0.1, -0.05) is 20.8 Å². The Balaban J connectivity index is 4.35. The fourth-order valence-corrected chi connectivity index (χ4v) is 0.889. The van der Waals surface area contributed by atoms with Gasteiger partial charge in [-0.2, -0.15) is 0 Å². The van der Waals surface area contributed by atoms with E-state index in [4.69, 9.17) is 4.74 Å². The van der Waals surface area contributed by atoms with Crippen LogP contribution < -0.4 is 0 Å². The zero-order chi connectivity index (χ0) is 10.4. The normalized spacial score (nSPS) is 14.7. The number of aliphatic hydroxyl groups is 1. The molecule has 0 aliphatic heterocycles. The Bertz CT molecular complexity index is 190. The van der Waals surface area contributed by atoms with Crippen LogP contribution in [0.25, 0.3) is 0 Å². The van der Waals surface area contributed by atoms with Gasteiger partial charge in [0.1, 0.15) is 6.10 Å². The summed E-state index contributed by atoms with van der Waals surface area (Å²) < 4.78 is 4.94. The Morgan fingerprint density at radius 3 is 2.38 bits per heavy atom. The van der Waals surface area contributed by atoms with Crippen molar-refractivity contribution in [3.8, 4) is 0 Å². The second kappa shape index (κ2) is 5.75. The summed E-state index contributed by atoms with van der Waals surface area (Å²) in [7, 11) is 1.49. The van der Waals surface area contributed by atoms with E-state index in [1.807, 2.05) is 20.8 Å². The molecule has 1 atom stereocenters. The van der Waals surface area contributed by atoms with Crippen molar-refractivity contribution in [2.75, 3.05) is 7.11 Å². The maximum Gasteiger partial charge on any atom is 0.187 e. The van der Waals surface area contributed by atoms with E-state index in [2.05, 4.69) is 0 Å². The molecular weight excluding hydrogens is 168 g/mol. The van der Waals surface area contributed by atoms with Crippen molar-refractivity contribution >= 4 is 5.78 Å². The summed E-state index contributed by atoms with van der Waals surface area (Å²) in [6.45, 7) is 5.52. The van der Waals surface area contributed by atoms with Gasteiger partial charge in [0, 0.05) is 19.1 Å². The van der Waals surface area contributed by atoms with Gasteiger partial charge in [-0.25, -0.2) is 0 Å². The van der Waals surface area contributed by atoms with Crippen molar-refractivity contribution in [3.05, 3.63) is 11.8 Å². The number of allylic oxidation sites excluding steroid dienone is 1. The van der Waals surface area contributed by atoms with Crippen LogP contribution in [-0.4, -0.2) is 24.1 Å². The Labute approximate surface area is 79.4 Å². The second-order valence-corrected chi connectivity index (χ2v) is 3.26. The fraction of sp³-hybridized carbons (Fsp3) is 0.700. The maximum atomic E-state index is 11.4. The third kappa shape index (κ3) is 4.08. The van der Waals surface area contributed by atoms with Crippen molar-refractivity contribution < 1.29 is 14.6 Å². The highest BCUT2D eigenvalue weighted by atomic mass is 16.5. The zero-order valence-electron chi connectivity index (χ0n) is 8.70. The molecule has 0 saturated heterocycles. The molecule has 0 bridgehead atoms. The highest BCUT2D eigenvalue weighted by Gasteiger charge is 2.14. The number of methoxy groups -OCH3 is 1. The molecule has 0 heterocycles. The molecule has 0 radical (unpaired) electrons. The zero-order valence-corrected chi connectivity index (χ0v) is 8.70. The van der Waals surface area contributed by atoms with Crippen LogP contribution in [0.15, 0.2) is 11.8 Å². The molecule has 0 aliphatic carbocycles.